The minimum absolute atomic E-state index is 0.178. The number of nitrogens with zero attached hydrogens (tertiary/aromatic N) is 1. The van der Waals surface area contributed by atoms with Crippen LogP contribution in [0.15, 0.2) is 0 Å². The molecule has 0 aliphatic carbocycles. The van der Waals surface area contributed by atoms with Gasteiger partial charge in [-0.3, -0.25) is 4.79 Å². The van der Waals surface area contributed by atoms with E-state index in [1.54, 1.807) is 11.8 Å². The van der Waals surface area contributed by atoms with E-state index in [2.05, 4.69) is 0 Å². The van der Waals surface area contributed by atoms with Crippen molar-refractivity contribution >= 4 is 5.91 Å². The predicted molar refractivity (Wildman–Crippen MR) is 51.3 cm³/mol. The quantitative estimate of drug-likeness (QED) is 0.701. The summed E-state index contributed by atoms with van der Waals surface area (Å²) in [7, 11) is 0. The van der Waals surface area contributed by atoms with Crippen molar-refractivity contribution in [1.82, 2.24) is 4.90 Å². The number of carbonyl (C=O) groups excluding carboxylic acids is 1. The zero-order chi connectivity index (χ0) is 10.1. The fraction of sp³-hybridized carbons (Fsp3) is 0.900. The molecule has 0 spiro atoms. The van der Waals surface area contributed by atoms with E-state index in [1.165, 1.54) is 0 Å². The minimum Gasteiger partial charge on any atom is -0.391 e. The molecule has 0 aromatic heterocycles. The van der Waals surface area contributed by atoms with Crippen molar-refractivity contribution in [3.63, 3.8) is 0 Å². The first-order valence-electron chi connectivity index (χ1n) is 4.95. The molecule has 0 bridgehead atoms. The van der Waals surface area contributed by atoms with Crippen LogP contribution in [0, 0.1) is 0 Å². The van der Waals surface area contributed by atoms with Gasteiger partial charge < -0.3 is 10.0 Å². The van der Waals surface area contributed by atoms with E-state index >= 15 is 0 Å². The second-order valence-electron chi connectivity index (χ2n) is 4.33. The Morgan fingerprint density at radius 3 is 2.54 bits per heavy atom. The Labute approximate surface area is 79.7 Å². The molecule has 13 heavy (non-hydrogen) atoms. The molecule has 1 saturated heterocycles. The molecule has 0 aromatic carbocycles. The van der Waals surface area contributed by atoms with Gasteiger partial charge in [-0.05, 0) is 33.6 Å². The van der Waals surface area contributed by atoms with E-state index in [0.29, 0.717) is 6.42 Å². The highest BCUT2D eigenvalue weighted by molar-refractivity contribution is 5.77. The van der Waals surface area contributed by atoms with Gasteiger partial charge >= 0.3 is 0 Å². The molecule has 3 nitrogen and oxygen atoms in total. The fourth-order valence-electron chi connectivity index (χ4n) is 1.64. The lowest BCUT2D eigenvalue weighted by atomic mass is 9.93. The number of amides is 1. The Hall–Kier alpha value is -0.570. The summed E-state index contributed by atoms with van der Waals surface area (Å²) in [6.07, 6.45) is 2.21. The van der Waals surface area contributed by atoms with Crippen molar-refractivity contribution in [2.45, 2.75) is 51.7 Å². The van der Waals surface area contributed by atoms with Crippen LogP contribution in [0.2, 0.25) is 0 Å². The topological polar surface area (TPSA) is 40.5 Å². The molecule has 76 valence electrons. The number of rotatable bonds is 2. The summed E-state index contributed by atoms with van der Waals surface area (Å²) in [5.74, 6) is 0.178. The lowest BCUT2D eigenvalue weighted by Crippen LogP contribution is -2.55. The summed E-state index contributed by atoms with van der Waals surface area (Å²) in [4.78, 5) is 13.4. The van der Waals surface area contributed by atoms with E-state index in [9.17, 15) is 9.90 Å². The smallest absolute Gasteiger partial charge is 0.223 e. The van der Waals surface area contributed by atoms with Gasteiger partial charge in [0.2, 0.25) is 5.91 Å². The normalized spacial score (nSPS) is 21.8. The lowest BCUT2D eigenvalue weighted by Gasteiger charge is -2.42. The van der Waals surface area contributed by atoms with E-state index in [0.717, 1.165) is 19.4 Å². The first-order valence-corrected chi connectivity index (χ1v) is 4.95. The average Bonchev–Trinajstić information content (AvgIpc) is 2.04. The van der Waals surface area contributed by atoms with Crippen molar-refractivity contribution in [1.29, 1.82) is 0 Å². The predicted octanol–water partition coefficient (Wildman–Crippen LogP) is 1.16. The molecule has 1 atom stereocenters. The minimum atomic E-state index is -0.477. The Bertz CT molecular complexity index is 199. The molecule has 1 rings (SSSR count). The van der Waals surface area contributed by atoms with Crippen molar-refractivity contribution in [2.24, 2.45) is 0 Å². The van der Waals surface area contributed by atoms with Crippen molar-refractivity contribution in [3.05, 3.63) is 0 Å². The zero-order valence-electron chi connectivity index (χ0n) is 8.71. The maximum Gasteiger partial charge on any atom is 0.223 e. The highest BCUT2D eigenvalue weighted by atomic mass is 16.3. The number of aliphatic hydroxyl groups is 1. The third kappa shape index (κ3) is 2.02. The van der Waals surface area contributed by atoms with Crippen molar-refractivity contribution in [2.75, 3.05) is 6.54 Å². The summed E-state index contributed by atoms with van der Waals surface area (Å²) in [6.45, 7) is 6.36. The monoisotopic (exact) mass is 185 g/mol. The van der Waals surface area contributed by atoms with E-state index in [4.69, 9.17) is 0 Å². The fourth-order valence-corrected chi connectivity index (χ4v) is 1.64. The number of piperidine rings is 1. The van der Waals surface area contributed by atoms with Crippen LogP contribution >= 0.6 is 0 Å². The molecule has 1 aliphatic heterocycles. The third-order valence-electron chi connectivity index (χ3n) is 3.04. The van der Waals surface area contributed by atoms with Gasteiger partial charge in [-0.2, -0.15) is 0 Å². The summed E-state index contributed by atoms with van der Waals surface area (Å²) in [6, 6.07) is 0. The average molecular weight is 185 g/mol. The number of hydrogen-bond acceptors (Lipinski definition) is 2. The van der Waals surface area contributed by atoms with Crippen LogP contribution in [0.3, 0.4) is 0 Å². The molecule has 1 aliphatic rings. The molecule has 0 radical (unpaired) electrons. The number of carbonyl (C=O) groups is 1. The van der Waals surface area contributed by atoms with Crippen LogP contribution in [0.1, 0.15) is 40.0 Å². The highest BCUT2D eigenvalue weighted by Gasteiger charge is 2.35. The van der Waals surface area contributed by atoms with Crippen LogP contribution in [0.25, 0.3) is 0 Å². The summed E-state index contributed by atoms with van der Waals surface area (Å²) in [5, 5.41) is 9.56. The Balaban J connectivity index is 2.73. The van der Waals surface area contributed by atoms with E-state index in [-0.39, 0.29) is 5.91 Å². The first-order chi connectivity index (χ1) is 5.96. The third-order valence-corrected chi connectivity index (χ3v) is 3.04. The SMILES string of the molecule is CC(O)C(C)(C)N1CCCCC1=O. The van der Waals surface area contributed by atoms with E-state index < -0.39 is 11.6 Å². The number of hydrogen-bond donors (Lipinski definition) is 1. The van der Waals surface area contributed by atoms with Gasteiger partial charge in [0, 0.05) is 13.0 Å². The molecule has 1 amide bonds. The summed E-state index contributed by atoms with van der Waals surface area (Å²) >= 11 is 0. The standard InChI is InChI=1S/C10H19NO2/c1-8(12)10(2,3)11-7-5-4-6-9(11)13/h8,12H,4-7H2,1-3H3. The summed E-state index contributed by atoms with van der Waals surface area (Å²) in [5.41, 5.74) is -0.419. The van der Waals surface area contributed by atoms with Gasteiger partial charge in [-0.1, -0.05) is 0 Å². The molecule has 1 fully saturated rings. The van der Waals surface area contributed by atoms with Crippen molar-refractivity contribution in [3.8, 4) is 0 Å². The largest absolute Gasteiger partial charge is 0.391 e. The van der Waals surface area contributed by atoms with Gasteiger partial charge in [0.25, 0.3) is 0 Å². The van der Waals surface area contributed by atoms with Crippen LogP contribution in [0.5, 0.6) is 0 Å². The maximum absolute atomic E-state index is 11.6. The summed E-state index contributed by atoms with van der Waals surface area (Å²) < 4.78 is 0. The Morgan fingerprint density at radius 2 is 2.08 bits per heavy atom. The van der Waals surface area contributed by atoms with Crippen LogP contribution in [-0.4, -0.2) is 34.1 Å². The molecule has 1 unspecified atom stereocenters. The van der Waals surface area contributed by atoms with Crippen LogP contribution in [0.4, 0.5) is 0 Å². The molecule has 3 heteroatoms. The highest BCUT2D eigenvalue weighted by Crippen LogP contribution is 2.24. The zero-order valence-corrected chi connectivity index (χ0v) is 8.71. The van der Waals surface area contributed by atoms with E-state index in [1.807, 2.05) is 13.8 Å². The van der Waals surface area contributed by atoms with Gasteiger partial charge in [0.1, 0.15) is 0 Å². The first kappa shape index (κ1) is 10.5. The van der Waals surface area contributed by atoms with Crippen LogP contribution in [-0.2, 0) is 4.79 Å². The second-order valence-corrected chi connectivity index (χ2v) is 4.33. The van der Waals surface area contributed by atoms with Crippen molar-refractivity contribution < 1.29 is 9.90 Å². The molecular formula is C10H19NO2. The number of aliphatic hydroxyl groups excluding tert-OH is 1. The molecule has 1 N–H and O–H groups in total. The van der Waals surface area contributed by atoms with Gasteiger partial charge in [0.15, 0.2) is 0 Å². The Morgan fingerprint density at radius 1 is 1.46 bits per heavy atom. The number of likely N-dealkylation sites (tertiary alicyclic amines) is 1. The molecule has 0 aromatic rings. The van der Waals surface area contributed by atoms with Gasteiger partial charge in [-0.15, -0.1) is 0 Å². The molecule has 1 heterocycles. The lowest BCUT2D eigenvalue weighted by molar-refractivity contribution is -0.143. The van der Waals surface area contributed by atoms with Crippen LogP contribution < -0.4 is 0 Å². The van der Waals surface area contributed by atoms with Gasteiger partial charge in [-0.25, -0.2) is 0 Å². The maximum atomic E-state index is 11.6. The second kappa shape index (κ2) is 3.66. The molecular weight excluding hydrogens is 166 g/mol. The van der Waals surface area contributed by atoms with Gasteiger partial charge in [0.05, 0.1) is 11.6 Å². The molecule has 0 saturated carbocycles. The Kier molecular flexibility index (Phi) is 2.96.